The third-order valence-electron chi connectivity index (χ3n) is 4.54. The molecule has 0 spiro atoms. The van der Waals surface area contributed by atoms with Crippen LogP contribution in [0.3, 0.4) is 0 Å². The Morgan fingerprint density at radius 3 is 2.32 bits per heavy atom. The third kappa shape index (κ3) is 5.02. The molecule has 0 saturated carbocycles. The quantitative estimate of drug-likeness (QED) is 0.389. The van der Waals surface area contributed by atoms with E-state index in [0.717, 1.165) is 16.8 Å². The number of ether oxygens (including phenoxy) is 1. The summed E-state index contributed by atoms with van der Waals surface area (Å²) in [7, 11) is 0. The molecule has 28 heavy (non-hydrogen) atoms. The van der Waals surface area contributed by atoms with Crippen molar-refractivity contribution < 1.29 is 9.66 Å². The molecule has 5 nitrogen and oxygen atoms in total. The van der Waals surface area contributed by atoms with Crippen LogP contribution in [0.2, 0.25) is 5.02 Å². The lowest BCUT2D eigenvalue weighted by molar-refractivity contribution is -0.384. The van der Waals surface area contributed by atoms with Gasteiger partial charge in [-0.25, -0.2) is 0 Å². The number of anilines is 1. The van der Waals surface area contributed by atoms with Crippen LogP contribution in [0.4, 0.5) is 11.4 Å². The maximum atomic E-state index is 10.7. The molecule has 0 atom stereocenters. The van der Waals surface area contributed by atoms with Gasteiger partial charge in [-0.15, -0.1) is 0 Å². The Balaban J connectivity index is 1.58. The fraction of sp³-hybridized carbons (Fsp3) is 0.182. The van der Waals surface area contributed by atoms with Crippen molar-refractivity contribution in [3.8, 4) is 5.75 Å². The number of non-ortho nitro benzene ring substituents is 1. The first-order valence-electron chi connectivity index (χ1n) is 8.88. The standard InChI is InChI=1S/C22H21ClN2O3/c1-15-3-7-19(11-16(15)2)24-13-18-6-10-22(21(23)12-18)28-14-17-4-8-20(9-5-17)25(26)27/h3-12,24H,13-14H2,1-2H3. The summed E-state index contributed by atoms with van der Waals surface area (Å²) in [5, 5.41) is 14.6. The van der Waals surface area contributed by atoms with Crippen molar-refractivity contribution in [1.82, 2.24) is 0 Å². The molecule has 0 heterocycles. The van der Waals surface area contributed by atoms with E-state index in [1.165, 1.54) is 23.3 Å². The second-order valence-corrected chi connectivity index (χ2v) is 7.04. The predicted octanol–water partition coefficient (Wildman–Crippen LogP) is 6.06. The van der Waals surface area contributed by atoms with Gasteiger partial charge in [-0.05, 0) is 72.5 Å². The zero-order valence-electron chi connectivity index (χ0n) is 15.7. The Bertz CT molecular complexity index is 988. The van der Waals surface area contributed by atoms with Gasteiger partial charge in [-0.3, -0.25) is 10.1 Å². The highest BCUT2D eigenvalue weighted by atomic mass is 35.5. The average Bonchev–Trinajstić information content (AvgIpc) is 2.68. The minimum Gasteiger partial charge on any atom is -0.487 e. The molecule has 144 valence electrons. The molecule has 0 amide bonds. The van der Waals surface area contributed by atoms with Crippen LogP contribution in [-0.4, -0.2) is 4.92 Å². The van der Waals surface area contributed by atoms with Crippen LogP contribution in [0, 0.1) is 24.0 Å². The van der Waals surface area contributed by atoms with Crippen molar-refractivity contribution in [2.24, 2.45) is 0 Å². The van der Waals surface area contributed by atoms with Gasteiger partial charge >= 0.3 is 0 Å². The van der Waals surface area contributed by atoms with Crippen LogP contribution in [0.25, 0.3) is 0 Å². The number of nitro groups is 1. The summed E-state index contributed by atoms with van der Waals surface area (Å²) in [4.78, 5) is 10.3. The minimum absolute atomic E-state index is 0.0578. The van der Waals surface area contributed by atoms with E-state index >= 15 is 0 Å². The topological polar surface area (TPSA) is 64.4 Å². The molecule has 3 aromatic carbocycles. The van der Waals surface area contributed by atoms with E-state index < -0.39 is 4.92 Å². The number of aryl methyl sites for hydroxylation is 2. The van der Waals surface area contributed by atoms with Gasteiger partial charge in [0, 0.05) is 24.4 Å². The number of benzene rings is 3. The van der Waals surface area contributed by atoms with Gasteiger partial charge in [0.2, 0.25) is 0 Å². The maximum Gasteiger partial charge on any atom is 0.269 e. The smallest absolute Gasteiger partial charge is 0.269 e. The monoisotopic (exact) mass is 396 g/mol. The molecule has 0 radical (unpaired) electrons. The molecule has 0 unspecified atom stereocenters. The van der Waals surface area contributed by atoms with Crippen molar-refractivity contribution in [3.05, 3.63) is 98.1 Å². The van der Waals surface area contributed by atoms with Gasteiger partial charge in [0.05, 0.1) is 9.95 Å². The van der Waals surface area contributed by atoms with Gasteiger partial charge in [0.25, 0.3) is 5.69 Å². The molecule has 6 heteroatoms. The molecule has 0 fully saturated rings. The van der Waals surface area contributed by atoms with E-state index in [1.54, 1.807) is 12.1 Å². The summed E-state index contributed by atoms with van der Waals surface area (Å²) in [6.45, 7) is 5.13. The predicted molar refractivity (Wildman–Crippen MR) is 112 cm³/mol. The molecule has 3 rings (SSSR count). The number of nitrogens with one attached hydrogen (secondary N) is 1. The van der Waals surface area contributed by atoms with E-state index in [-0.39, 0.29) is 12.3 Å². The molecule has 0 aliphatic heterocycles. The number of hydrogen-bond donors (Lipinski definition) is 1. The van der Waals surface area contributed by atoms with Crippen molar-refractivity contribution in [2.45, 2.75) is 27.0 Å². The minimum atomic E-state index is -0.424. The van der Waals surface area contributed by atoms with Crippen LogP contribution in [0.15, 0.2) is 60.7 Å². The second-order valence-electron chi connectivity index (χ2n) is 6.63. The number of rotatable bonds is 7. The maximum absolute atomic E-state index is 10.7. The normalized spacial score (nSPS) is 10.5. The summed E-state index contributed by atoms with van der Waals surface area (Å²) >= 11 is 6.35. The van der Waals surface area contributed by atoms with Gasteiger partial charge < -0.3 is 10.1 Å². The largest absolute Gasteiger partial charge is 0.487 e. The number of nitrogens with zero attached hydrogens (tertiary/aromatic N) is 1. The Labute approximate surface area is 169 Å². The Kier molecular flexibility index (Phi) is 6.16. The molecule has 0 bridgehead atoms. The fourth-order valence-electron chi connectivity index (χ4n) is 2.70. The van der Waals surface area contributed by atoms with Gasteiger partial charge in [0.1, 0.15) is 12.4 Å². The Hall–Kier alpha value is -3.05. The van der Waals surface area contributed by atoms with E-state index in [1.807, 2.05) is 18.2 Å². The van der Waals surface area contributed by atoms with E-state index in [2.05, 4.69) is 37.4 Å². The second kappa shape index (κ2) is 8.76. The SMILES string of the molecule is Cc1ccc(NCc2ccc(OCc3ccc([N+](=O)[O-])cc3)c(Cl)c2)cc1C. The first-order chi connectivity index (χ1) is 13.4. The average molecular weight is 397 g/mol. The molecular formula is C22H21ClN2O3. The summed E-state index contributed by atoms with van der Waals surface area (Å²) in [5.74, 6) is 0.579. The van der Waals surface area contributed by atoms with Gasteiger partial charge in [-0.2, -0.15) is 0 Å². The van der Waals surface area contributed by atoms with E-state index in [9.17, 15) is 10.1 Å². The van der Waals surface area contributed by atoms with Crippen LogP contribution in [-0.2, 0) is 13.2 Å². The highest BCUT2D eigenvalue weighted by Crippen LogP contribution is 2.27. The lowest BCUT2D eigenvalue weighted by Crippen LogP contribution is -2.01. The zero-order chi connectivity index (χ0) is 20.1. The van der Waals surface area contributed by atoms with Crippen LogP contribution in [0.5, 0.6) is 5.75 Å². The summed E-state index contributed by atoms with van der Waals surface area (Å²) in [6, 6.07) is 18.2. The van der Waals surface area contributed by atoms with Gasteiger partial charge in [-0.1, -0.05) is 23.7 Å². The van der Waals surface area contributed by atoms with Crippen molar-refractivity contribution in [2.75, 3.05) is 5.32 Å². The molecule has 0 aliphatic rings. The zero-order valence-corrected chi connectivity index (χ0v) is 16.5. The van der Waals surface area contributed by atoms with Crippen molar-refractivity contribution >= 4 is 23.0 Å². The van der Waals surface area contributed by atoms with E-state index in [0.29, 0.717) is 17.3 Å². The van der Waals surface area contributed by atoms with Crippen LogP contribution < -0.4 is 10.1 Å². The van der Waals surface area contributed by atoms with Crippen LogP contribution >= 0.6 is 11.6 Å². The number of hydrogen-bond acceptors (Lipinski definition) is 4. The number of nitro benzene ring substituents is 1. The van der Waals surface area contributed by atoms with E-state index in [4.69, 9.17) is 16.3 Å². The molecular weight excluding hydrogens is 376 g/mol. The Morgan fingerprint density at radius 1 is 0.964 bits per heavy atom. The summed E-state index contributed by atoms with van der Waals surface area (Å²) in [6.07, 6.45) is 0. The molecule has 3 aromatic rings. The molecule has 0 aliphatic carbocycles. The van der Waals surface area contributed by atoms with Crippen molar-refractivity contribution in [3.63, 3.8) is 0 Å². The number of halogens is 1. The summed E-state index contributed by atoms with van der Waals surface area (Å²) < 4.78 is 5.75. The van der Waals surface area contributed by atoms with Crippen molar-refractivity contribution in [1.29, 1.82) is 0 Å². The first-order valence-corrected chi connectivity index (χ1v) is 9.26. The molecule has 0 saturated heterocycles. The van der Waals surface area contributed by atoms with Crippen LogP contribution in [0.1, 0.15) is 22.3 Å². The highest BCUT2D eigenvalue weighted by molar-refractivity contribution is 6.32. The third-order valence-corrected chi connectivity index (χ3v) is 4.84. The highest BCUT2D eigenvalue weighted by Gasteiger charge is 2.07. The molecule has 1 N–H and O–H groups in total. The summed E-state index contributed by atoms with van der Waals surface area (Å²) in [5.41, 5.74) is 5.52. The molecule has 0 aromatic heterocycles. The van der Waals surface area contributed by atoms with Gasteiger partial charge in [0.15, 0.2) is 0 Å². The fourth-order valence-corrected chi connectivity index (χ4v) is 2.96. The lowest BCUT2D eigenvalue weighted by atomic mass is 10.1. The first kappa shape index (κ1) is 19.7. The lowest BCUT2D eigenvalue weighted by Gasteiger charge is -2.12. The Morgan fingerprint density at radius 2 is 1.68 bits per heavy atom.